The molecule has 8 heteroatoms. The van der Waals surface area contributed by atoms with E-state index in [9.17, 15) is 9.90 Å². The van der Waals surface area contributed by atoms with E-state index in [1.165, 1.54) is 11.1 Å². The largest absolute Gasteiger partial charge is 0.463 e. The minimum absolute atomic E-state index is 0.0345. The second-order valence-corrected chi connectivity index (χ2v) is 9.44. The lowest BCUT2D eigenvalue weighted by Crippen LogP contribution is -2.37. The first-order valence-electron chi connectivity index (χ1n) is 13.0. The van der Waals surface area contributed by atoms with Crippen LogP contribution >= 0.6 is 0 Å². The number of hydrogen-bond donors (Lipinski definition) is 1. The van der Waals surface area contributed by atoms with Gasteiger partial charge in [0.15, 0.2) is 0 Å². The molecule has 0 bridgehead atoms. The zero-order valence-electron chi connectivity index (χ0n) is 21.8. The van der Waals surface area contributed by atoms with Crippen LogP contribution in [0.5, 0.6) is 0 Å². The summed E-state index contributed by atoms with van der Waals surface area (Å²) < 4.78 is 16.6. The minimum Gasteiger partial charge on any atom is -0.463 e. The summed E-state index contributed by atoms with van der Waals surface area (Å²) in [4.78, 5) is 16.1. The van der Waals surface area contributed by atoms with Gasteiger partial charge in [-0.05, 0) is 24.0 Å². The Bertz CT molecular complexity index is 1130. The molecule has 0 amide bonds. The predicted molar refractivity (Wildman–Crippen MR) is 142 cm³/mol. The average molecular weight is 508 g/mol. The molecule has 198 valence electrons. The van der Waals surface area contributed by atoms with E-state index in [0.717, 1.165) is 42.2 Å². The molecule has 4 rings (SSSR count). The van der Waals surface area contributed by atoms with Gasteiger partial charge in [0.05, 0.1) is 12.2 Å². The van der Waals surface area contributed by atoms with E-state index in [2.05, 4.69) is 39.2 Å². The lowest BCUT2D eigenvalue weighted by molar-refractivity contribution is -0.147. The zero-order valence-corrected chi connectivity index (χ0v) is 21.8. The van der Waals surface area contributed by atoms with Gasteiger partial charge in [-0.15, -0.1) is 0 Å². The molecule has 2 heterocycles. The number of fused-ring (bicyclic) bond motifs is 1. The molecule has 1 N–H and O–H groups in total. The summed E-state index contributed by atoms with van der Waals surface area (Å²) in [6.45, 7) is 5.40. The highest BCUT2D eigenvalue weighted by molar-refractivity contribution is 5.69. The van der Waals surface area contributed by atoms with E-state index in [1.807, 2.05) is 37.3 Å². The summed E-state index contributed by atoms with van der Waals surface area (Å²) in [6, 6.07) is 18.5. The molecule has 1 unspecified atom stereocenters. The molecule has 0 aliphatic carbocycles. The Morgan fingerprint density at radius 1 is 1.16 bits per heavy atom. The van der Waals surface area contributed by atoms with Gasteiger partial charge >= 0.3 is 5.97 Å². The number of hydrogen-bond acceptors (Lipinski definition) is 8. The quantitative estimate of drug-likeness (QED) is 0.347. The Morgan fingerprint density at radius 3 is 2.68 bits per heavy atom. The summed E-state index contributed by atoms with van der Waals surface area (Å²) in [7, 11) is 1.66. The first-order chi connectivity index (χ1) is 18.1. The molecule has 1 aromatic heterocycles. The van der Waals surface area contributed by atoms with Crippen molar-refractivity contribution >= 4 is 11.9 Å². The van der Waals surface area contributed by atoms with Gasteiger partial charge in [0, 0.05) is 51.8 Å². The molecule has 0 spiro atoms. The number of carbonyl (C=O) groups is 1. The van der Waals surface area contributed by atoms with Gasteiger partial charge in [-0.1, -0.05) is 66.7 Å². The van der Waals surface area contributed by atoms with E-state index in [0.29, 0.717) is 39.1 Å². The van der Waals surface area contributed by atoms with Crippen molar-refractivity contribution < 1.29 is 23.9 Å². The molecule has 1 aliphatic rings. The van der Waals surface area contributed by atoms with Crippen molar-refractivity contribution in [2.24, 2.45) is 0 Å². The fourth-order valence-corrected chi connectivity index (χ4v) is 4.68. The van der Waals surface area contributed by atoms with E-state index in [-0.39, 0.29) is 12.6 Å². The fraction of sp³-hybridized carbons (Fsp3) is 0.448. The highest BCUT2D eigenvalue weighted by atomic mass is 16.5. The van der Waals surface area contributed by atoms with Gasteiger partial charge in [0.1, 0.15) is 18.4 Å². The molecule has 0 saturated heterocycles. The number of rotatable bonds is 13. The number of aromatic nitrogens is 1. The van der Waals surface area contributed by atoms with E-state index < -0.39 is 6.10 Å². The number of carbonyl (C=O) groups excluding carboxylic acids is 1. The molecule has 8 nitrogen and oxygen atoms in total. The topological polar surface area (TPSA) is 88.3 Å². The van der Waals surface area contributed by atoms with Crippen LogP contribution in [0.1, 0.15) is 36.5 Å². The van der Waals surface area contributed by atoms with Crippen LogP contribution in [0.15, 0.2) is 59.1 Å². The monoisotopic (exact) mass is 507 g/mol. The maximum absolute atomic E-state index is 11.8. The summed E-state index contributed by atoms with van der Waals surface area (Å²) in [6.07, 6.45) is 1.19. The Hall–Kier alpha value is -3.20. The Balaban J connectivity index is 1.58. The van der Waals surface area contributed by atoms with Crippen molar-refractivity contribution in [3.63, 3.8) is 0 Å². The van der Waals surface area contributed by atoms with Crippen LogP contribution in [0.2, 0.25) is 0 Å². The zero-order chi connectivity index (χ0) is 26.0. The van der Waals surface area contributed by atoms with Crippen LogP contribution in [-0.2, 0) is 33.8 Å². The van der Waals surface area contributed by atoms with Crippen LogP contribution < -0.4 is 4.90 Å². The molecule has 1 atom stereocenters. The molecule has 37 heavy (non-hydrogen) atoms. The van der Waals surface area contributed by atoms with Crippen molar-refractivity contribution in [2.75, 3.05) is 44.9 Å². The Morgan fingerprint density at radius 2 is 1.92 bits per heavy atom. The maximum atomic E-state index is 11.8. The van der Waals surface area contributed by atoms with Crippen molar-refractivity contribution in [2.45, 2.75) is 45.4 Å². The number of methoxy groups -OCH3 is 1. The molecule has 0 saturated carbocycles. The summed E-state index contributed by atoms with van der Waals surface area (Å²) in [5.41, 5.74) is 5.40. The molecule has 0 radical (unpaired) electrons. The second-order valence-electron chi connectivity index (χ2n) is 9.44. The van der Waals surface area contributed by atoms with Gasteiger partial charge in [-0.3, -0.25) is 9.69 Å². The lowest BCUT2D eigenvalue weighted by Gasteiger charge is -2.30. The summed E-state index contributed by atoms with van der Waals surface area (Å²) in [5.74, 6) is 0.461. The van der Waals surface area contributed by atoms with E-state index >= 15 is 0 Å². The standard InChI is InChI=1S/C29H37N3O5/c1-3-9-27(34)36-21-25(33)19-31(16-17-35-2)20-26-28(23-11-5-4-6-12-23)30-37-29(26)32-15-14-22-10-7-8-13-24(22)18-32/h4-8,10-13,25,33H,3,9,14-21H2,1-2H3. The fourth-order valence-electron chi connectivity index (χ4n) is 4.68. The Labute approximate surface area is 218 Å². The minimum atomic E-state index is -0.817. The first-order valence-corrected chi connectivity index (χ1v) is 13.0. The maximum Gasteiger partial charge on any atom is 0.305 e. The molecule has 2 aromatic carbocycles. The molecular weight excluding hydrogens is 470 g/mol. The van der Waals surface area contributed by atoms with E-state index in [1.54, 1.807) is 7.11 Å². The number of esters is 1. The molecule has 1 aliphatic heterocycles. The number of benzene rings is 2. The van der Waals surface area contributed by atoms with Crippen molar-refractivity contribution in [1.82, 2.24) is 10.1 Å². The second kappa shape index (κ2) is 13.4. The van der Waals surface area contributed by atoms with Gasteiger partial charge in [0.25, 0.3) is 0 Å². The number of nitrogens with zero attached hydrogens (tertiary/aromatic N) is 3. The number of anilines is 1. The summed E-state index contributed by atoms with van der Waals surface area (Å²) >= 11 is 0. The van der Waals surface area contributed by atoms with Crippen LogP contribution in [0, 0.1) is 0 Å². The highest BCUT2D eigenvalue weighted by Crippen LogP contribution is 2.35. The van der Waals surface area contributed by atoms with Crippen LogP contribution in [0.25, 0.3) is 11.3 Å². The normalized spacial score (nSPS) is 14.0. The van der Waals surface area contributed by atoms with Gasteiger partial charge in [0.2, 0.25) is 5.88 Å². The lowest BCUT2D eigenvalue weighted by atomic mass is 9.99. The van der Waals surface area contributed by atoms with Crippen LogP contribution in [0.4, 0.5) is 5.88 Å². The highest BCUT2D eigenvalue weighted by Gasteiger charge is 2.27. The van der Waals surface area contributed by atoms with Crippen molar-refractivity contribution in [1.29, 1.82) is 0 Å². The molecule has 0 fully saturated rings. The Kier molecular flexibility index (Phi) is 9.71. The van der Waals surface area contributed by atoms with Crippen LogP contribution in [-0.4, -0.2) is 67.2 Å². The van der Waals surface area contributed by atoms with E-state index in [4.69, 9.17) is 14.0 Å². The third-order valence-electron chi connectivity index (χ3n) is 6.59. The molecule has 3 aromatic rings. The smallest absolute Gasteiger partial charge is 0.305 e. The number of aliphatic hydroxyl groups excluding tert-OH is 1. The SMILES string of the molecule is CCCC(=O)OCC(O)CN(CCOC)Cc1c(-c2ccccc2)noc1N1CCc2ccccc2C1. The van der Waals surface area contributed by atoms with Crippen LogP contribution in [0.3, 0.4) is 0 Å². The van der Waals surface area contributed by atoms with Crippen molar-refractivity contribution in [3.05, 3.63) is 71.3 Å². The third-order valence-corrected chi connectivity index (χ3v) is 6.59. The van der Waals surface area contributed by atoms with Gasteiger partial charge in [-0.25, -0.2) is 0 Å². The predicted octanol–water partition coefficient (Wildman–Crippen LogP) is 4.06. The van der Waals surface area contributed by atoms with Crippen molar-refractivity contribution in [3.8, 4) is 11.3 Å². The average Bonchev–Trinajstić information content (AvgIpc) is 3.34. The van der Waals surface area contributed by atoms with Gasteiger partial charge < -0.3 is 24.0 Å². The first kappa shape index (κ1) is 26.9. The summed E-state index contributed by atoms with van der Waals surface area (Å²) in [5, 5.41) is 15.2. The number of aliphatic hydroxyl groups is 1. The molecular formula is C29H37N3O5. The van der Waals surface area contributed by atoms with Gasteiger partial charge in [-0.2, -0.15) is 0 Å². The third kappa shape index (κ3) is 7.19. The number of ether oxygens (including phenoxy) is 2.